The van der Waals surface area contributed by atoms with Gasteiger partial charge in [-0.3, -0.25) is 14.3 Å². The van der Waals surface area contributed by atoms with Crippen LogP contribution in [0.15, 0.2) is 54.6 Å². The summed E-state index contributed by atoms with van der Waals surface area (Å²) in [5, 5.41) is 5.08. The predicted octanol–water partition coefficient (Wildman–Crippen LogP) is 4.35. The summed E-state index contributed by atoms with van der Waals surface area (Å²) < 4.78 is 14.2. The largest absolute Gasteiger partial charge is 0.490 e. The topological polar surface area (TPSA) is 76.9 Å². The van der Waals surface area contributed by atoms with E-state index in [2.05, 4.69) is 5.10 Å². The Kier molecular flexibility index (Phi) is 9.30. The first-order chi connectivity index (χ1) is 18.7. The van der Waals surface area contributed by atoms with E-state index in [1.165, 1.54) is 0 Å². The first-order valence-electron chi connectivity index (χ1n) is 13.2. The maximum absolute atomic E-state index is 13.4. The number of carbonyl (C=O) groups excluding carboxylic acids is 2. The quantitative estimate of drug-likeness (QED) is 0.374. The Balaban J connectivity index is 1.47. The molecule has 0 bridgehead atoms. The van der Waals surface area contributed by atoms with Gasteiger partial charge in [0.05, 0.1) is 25.3 Å². The highest BCUT2D eigenvalue weighted by Gasteiger charge is 2.42. The average molecular weight is 553 g/mol. The number of aryl methyl sites for hydroxylation is 2. The molecule has 0 aliphatic carbocycles. The zero-order chi connectivity index (χ0) is 28.0. The highest BCUT2D eigenvalue weighted by atomic mass is 35.5. The van der Waals surface area contributed by atoms with Crippen molar-refractivity contribution in [3.8, 4) is 5.75 Å². The minimum atomic E-state index is -0.976. The lowest BCUT2D eigenvalue weighted by Crippen LogP contribution is -2.58. The number of aromatic nitrogens is 2. The van der Waals surface area contributed by atoms with Crippen molar-refractivity contribution >= 4 is 23.4 Å². The third-order valence-electron chi connectivity index (χ3n) is 7.33. The summed E-state index contributed by atoms with van der Waals surface area (Å²) in [6, 6.07) is 16.9. The molecule has 2 aromatic carbocycles. The van der Waals surface area contributed by atoms with Crippen molar-refractivity contribution in [2.24, 2.45) is 7.05 Å². The third kappa shape index (κ3) is 7.40. The molecule has 8 nitrogen and oxygen atoms in total. The van der Waals surface area contributed by atoms with Gasteiger partial charge < -0.3 is 19.3 Å². The number of hydrogen-bond donors (Lipinski definition) is 0. The van der Waals surface area contributed by atoms with Crippen LogP contribution in [-0.4, -0.2) is 70.3 Å². The van der Waals surface area contributed by atoms with Gasteiger partial charge in [0.25, 0.3) is 0 Å². The first kappa shape index (κ1) is 28.6. The highest BCUT2D eigenvalue weighted by Crippen LogP contribution is 2.27. The standard InChI is InChI=1S/C30H37ClN4O4/c1-22-27(23(2)34(4)32-22)14-15-28(36)35-16-17-39-30(20-35,21-38-26-12-10-25(31)11-13-26)18-29(37)33(3)19-24-8-6-5-7-9-24/h5-13H,14-21H2,1-4H3/t30-/m1/s1. The van der Waals surface area contributed by atoms with Crippen LogP contribution < -0.4 is 4.74 Å². The number of ether oxygens (including phenoxy) is 2. The number of morpholine rings is 1. The fourth-order valence-electron chi connectivity index (χ4n) is 4.97. The zero-order valence-corrected chi connectivity index (χ0v) is 23.9. The van der Waals surface area contributed by atoms with Crippen LogP contribution in [0.25, 0.3) is 0 Å². The molecule has 3 aromatic rings. The number of carbonyl (C=O) groups is 2. The Morgan fingerprint density at radius 2 is 1.85 bits per heavy atom. The lowest BCUT2D eigenvalue weighted by Gasteiger charge is -2.42. The van der Waals surface area contributed by atoms with Crippen molar-refractivity contribution in [2.75, 3.05) is 33.4 Å². The predicted molar refractivity (Wildman–Crippen MR) is 151 cm³/mol. The fraction of sp³-hybridized carbons (Fsp3) is 0.433. The minimum Gasteiger partial charge on any atom is -0.490 e. The van der Waals surface area contributed by atoms with Crippen molar-refractivity contribution in [1.82, 2.24) is 19.6 Å². The van der Waals surface area contributed by atoms with Crippen molar-refractivity contribution in [3.63, 3.8) is 0 Å². The van der Waals surface area contributed by atoms with E-state index in [-0.39, 0.29) is 31.4 Å². The van der Waals surface area contributed by atoms with Gasteiger partial charge in [-0.25, -0.2) is 0 Å². The van der Waals surface area contributed by atoms with Gasteiger partial charge >= 0.3 is 0 Å². The van der Waals surface area contributed by atoms with Crippen LogP contribution in [0.5, 0.6) is 5.75 Å². The van der Waals surface area contributed by atoms with Crippen molar-refractivity contribution in [2.45, 2.75) is 45.3 Å². The Morgan fingerprint density at radius 3 is 2.51 bits per heavy atom. The van der Waals surface area contributed by atoms with E-state index in [9.17, 15) is 9.59 Å². The van der Waals surface area contributed by atoms with E-state index in [0.29, 0.717) is 43.3 Å². The van der Waals surface area contributed by atoms with Crippen molar-refractivity contribution in [3.05, 3.63) is 82.1 Å². The number of benzene rings is 2. The van der Waals surface area contributed by atoms with E-state index >= 15 is 0 Å². The SMILES string of the molecule is Cc1nn(C)c(C)c1CCC(=O)N1CCO[C@](COc2ccc(Cl)cc2)(CC(=O)N(C)Cc2ccccc2)C1. The van der Waals surface area contributed by atoms with Crippen molar-refractivity contribution in [1.29, 1.82) is 0 Å². The highest BCUT2D eigenvalue weighted by molar-refractivity contribution is 6.30. The van der Waals surface area contributed by atoms with Gasteiger partial charge in [-0.1, -0.05) is 41.9 Å². The molecule has 208 valence electrons. The van der Waals surface area contributed by atoms with E-state index in [1.807, 2.05) is 55.9 Å². The number of nitrogens with zero attached hydrogens (tertiary/aromatic N) is 4. The second kappa shape index (κ2) is 12.7. The smallest absolute Gasteiger partial charge is 0.225 e. The van der Waals surface area contributed by atoms with Gasteiger partial charge in [-0.05, 0) is 55.7 Å². The van der Waals surface area contributed by atoms with E-state index in [1.54, 1.807) is 41.1 Å². The lowest BCUT2D eigenvalue weighted by molar-refractivity contribution is -0.165. The zero-order valence-electron chi connectivity index (χ0n) is 23.2. The van der Waals surface area contributed by atoms with Crippen LogP contribution in [0.4, 0.5) is 0 Å². The van der Waals surface area contributed by atoms with E-state index in [0.717, 1.165) is 22.5 Å². The summed E-state index contributed by atoms with van der Waals surface area (Å²) in [6.07, 6.45) is 1.08. The van der Waals surface area contributed by atoms with E-state index < -0.39 is 5.60 Å². The van der Waals surface area contributed by atoms with Crippen LogP contribution in [0, 0.1) is 13.8 Å². The Bertz CT molecular complexity index is 1280. The number of rotatable bonds is 10. The molecule has 9 heteroatoms. The van der Waals surface area contributed by atoms with Crippen LogP contribution >= 0.6 is 11.6 Å². The molecule has 1 aliphatic rings. The summed E-state index contributed by atoms with van der Waals surface area (Å²) in [6.45, 7) is 5.68. The van der Waals surface area contributed by atoms with Gasteiger partial charge in [-0.2, -0.15) is 5.10 Å². The van der Waals surface area contributed by atoms with Gasteiger partial charge in [0, 0.05) is 44.3 Å². The second-order valence-electron chi connectivity index (χ2n) is 10.3. The van der Waals surface area contributed by atoms with Crippen LogP contribution in [0.1, 0.15) is 35.4 Å². The molecular formula is C30H37ClN4O4. The summed E-state index contributed by atoms with van der Waals surface area (Å²) >= 11 is 6.03. The maximum Gasteiger partial charge on any atom is 0.225 e. The van der Waals surface area contributed by atoms with Crippen LogP contribution in [0.3, 0.4) is 0 Å². The van der Waals surface area contributed by atoms with E-state index in [4.69, 9.17) is 21.1 Å². The molecule has 4 rings (SSSR count). The average Bonchev–Trinajstić information content (AvgIpc) is 3.17. The molecule has 2 amide bonds. The molecule has 0 radical (unpaired) electrons. The molecule has 0 saturated carbocycles. The Hall–Kier alpha value is -3.36. The second-order valence-corrected chi connectivity index (χ2v) is 10.7. The first-order valence-corrected chi connectivity index (χ1v) is 13.6. The van der Waals surface area contributed by atoms with Crippen LogP contribution in [0.2, 0.25) is 5.02 Å². The maximum atomic E-state index is 13.4. The minimum absolute atomic E-state index is 0.0295. The molecule has 0 unspecified atom stereocenters. The molecule has 0 N–H and O–H groups in total. The molecule has 1 atom stereocenters. The van der Waals surface area contributed by atoms with Gasteiger partial charge in [0.2, 0.25) is 11.8 Å². The number of halogens is 1. The number of amides is 2. The monoisotopic (exact) mass is 552 g/mol. The molecule has 1 fully saturated rings. The summed E-state index contributed by atoms with van der Waals surface area (Å²) in [7, 11) is 3.70. The fourth-order valence-corrected chi connectivity index (χ4v) is 5.10. The lowest BCUT2D eigenvalue weighted by atomic mass is 9.96. The normalized spacial score (nSPS) is 17.2. The summed E-state index contributed by atoms with van der Waals surface area (Å²) in [5.41, 5.74) is 3.19. The molecule has 1 aliphatic heterocycles. The third-order valence-corrected chi connectivity index (χ3v) is 7.58. The van der Waals surface area contributed by atoms with Gasteiger partial charge in [0.15, 0.2) is 0 Å². The Morgan fingerprint density at radius 1 is 1.13 bits per heavy atom. The number of hydrogen-bond acceptors (Lipinski definition) is 5. The summed E-state index contributed by atoms with van der Waals surface area (Å²) in [5.74, 6) is 0.579. The molecule has 1 aromatic heterocycles. The van der Waals surface area contributed by atoms with Gasteiger partial charge in [-0.15, -0.1) is 0 Å². The molecule has 2 heterocycles. The van der Waals surface area contributed by atoms with Crippen LogP contribution in [-0.2, 0) is 34.3 Å². The van der Waals surface area contributed by atoms with Crippen molar-refractivity contribution < 1.29 is 19.1 Å². The Labute approximate surface area is 235 Å². The molecule has 0 spiro atoms. The molecule has 39 heavy (non-hydrogen) atoms. The summed E-state index contributed by atoms with van der Waals surface area (Å²) in [4.78, 5) is 30.3. The molecular weight excluding hydrogens is 516 g/mol. The molecule has 1 saturated heterocycles. The van der Waals surface area contributed by atoms with Gasteiger partial charge in [0.1, 0.15) is 18.0 Å².